The van der Waals surface area contributed by atoms with E-state index in [1.54, 1.807) is 4.90 Å². The second-order valence-electron chi connectivity index (χ2n) is 7.43. The molecule has 150 valence electrons. The highest BCUT2D eigenvalue weighted by atomic mass is 16.2. The molecule has 1 aromatic rings. The number of benzene rings is 1. The maximum atomic E-state index is 12.3. The molecule has 2 unspecified atom stereocenters. The van der Waals surface area contributed by atoms with E-state index in [1.807, 2.05) is 38.1 Å². The molecule has 2 atom stereocenters. The van der Waals surface area contributed by atoms with Crippen LogP contribution in [0.15, 0.2) is 24.3 Å². The van der Waals surface area contributed by atoms with Crippen molar-refractivity contribution in [1.82, 2.24) is 15.5 Å². The van der Waals surface area contributed by atoms with E-state index in [0.29, 0.717) is 13.0 Å². The molecule has 3 amide bonds. The Morgan fingerprint density at radius 1 is 1.26 bits per heavy atom. The first-order valence-electron chi connectivity index (χ1n) is 10.1. The van der Waals surface area contributed by atoms with Gasteiger partial charge in [0, 0.05) is 24.7 Å². The summed E-state index contributed by atoms with van der Waals surface area (Å²) in [4.78, 5) is 28.7. The van der Waals surface area contributed by atoms with Gasteiger partial charge < -0.3 is 20.4 Å². The topological polar surface area (TPSA) is 64.7 Å². The van der Waals surface area contributed by atoms with Gasteiger partial charge >= 0.3 is 6.03 Å². The zero-order valence-corrected chi connectivity index (χ0v) is 17.1. The second kappa shape index (κ2) is 10.3. The van der Waals surface area contributed by atoms with Crippen LogP contribution in [0.3, 0.4) is 0 Å². The van der Waals surface area contributed by atoms with Gasteiger partial charge in [-0.15, -0.1) is 0 Å². The van der Waals surface area contributed by atoms with Crippen LogP contribution in [-0.4, -0.2) is 55.1 Å². The van der Waals surface area contributed by atoms with Crippen molar-refractivity contribution in [2.75, 3.05) is 31.1 Å². The van der Waals surface area contributed by atoms with Crippen LogP contribution in [0, 0.1) is 6.92 Å². The number of carbonyl (C=O) groups is 2. The molecular formula is C21H34N4O2. The zero-order chi connectivity index (χ0) is 19.8. The van der Waals surface area contributed by atoms with Crippen LogP contribution in [0.5, 0.6) is 0 Å². The number of carbonyl (C=O) groups excluding carboxylic acids is 2. The molecule has 1 aliphatic heterocycles. The SMILES string of the molecule is CCN(CC)CCCC(C)NC(=O)NC1CC(=O)N(c2ccc(C)cc2)C1. The minimum Gasteiger partial charge on any atom is -0.336 e. The fourth-order valence-electron chi connectivity index (χ4n) is 3.46. The third kappa shape index (κ3) is 6.54. The van der Waals surface area contributed by atoms with E-state index in [0.717, 1.165) is 43.7 Å². The summed E-state index contributed by atoms with van der Waals surface area (Å²) in [6, 6.07) is 7.68. The molecule has 1 saturated heterocycles. The van der Waals surface area contributed by atoms with E-state index < -0.39 is 0 Å². The van der Waals surface area contributed by atoms with Gasteiger partial charge in [-0.2, -0.15) is 0 Å². The molecule has 6 nitrogen and oxygen atoms in total. The van der Waals surface area contributed by atoms with E-state index in [4.69, 9.17) is 0 Å². The molecule has 1 aliphatic rings. The molecule has 1 fully saturated rings. The van der Waals surface area contributed by atoms with Crippen molar-refractivity contribution < 1.29 is 9.59 Å². The fourth-order valence-corrected chi connectivity index (χ4v) is 3.46. The van der Waals surface area contributed by atoms with Gasteiger partial charge in [0.1, 0.15) is 0 Å². The summed E-state index contributed by atoms with van der Waals surface area (Å²) in [5, 5.41) is 5.94. The van der Waals surface area contributed by atoms with Gasteiger partial charge in [-0.1, -0.05) is 31.5 Å². The monoisotopic (exact) mass is 374 g/mol. The lowest BCUT2D eigenvalue weighted by Crippen LogP contribution is -2.46. The predicted octanol–water partition coefficient (Wildman–Crippen LogP) is 2.91. The van der Waals surface area contributed by atoms with Crippen LogP contribution in [-0.2, 0) is 4.79 Å². The number of nitrogens with zero attached hydrogens (tertiary/aromatic N) is 2. The van der Waals surface area contributed by atoms with Crippen molar-refractivity contribution in [2.45, 2.75) is 59.0 Å². The molecule has 0 aliphatic carbocycles. The second-order valence-corrected chi connectivity index (χ2v) is 7.43. The molecule has 0 radical (unpaired) electrons. The molecule has 0 spiro atoms. The van der Waals surface area contributed by atoms with Crippen LogP contribution in [0.25, 0.3) is 0 Å². The summed E-state index contributed by atoms with van der Waals surface area (Å²) in [7, 11) is 0. The number of hydrogen-bond donors (Lipinski definition) is 2. The molecular weight excluding hydrogens is 340 g/mol. The maximum absolute atomic E-state index is 12.3. The molecule has 6 heteroatoms. The van der Waals surface area contributed by atoms with Crippen molar-refractivity contribution in [3.63, 3.8) is 0 Å². The Hall–Kier alpha value is -2.08. The number of rotatable bonds is 9. The number of anilines is 1. The highest BCUT2D eigenvalue weighted by molar-refractivity contribution is 5.96. The van der Waals surface area contributed by atoms with Crippen molar-refractivity contribution in [3.05, 3.63) is 29.8 Å². The molecule has 27 heavy (non-hydrogen) atoms. The van der Waals surface area contributed by atoms with E-state index in [-0.39, 0.29) is 24.0 Å². The molecule has 0 saturated carbocycles. The minimum atomic E-state index is -0.186. The highest BCUT2D eigenvalue weighted by Crippen LogP contribution is 2.21. The van der Waals surface area contributed by atoms with Crippen LogP contribution in [0.4, 0.5) is 10.5 Å². The van der Waals surface area contributed by atoms with Gasteiger partial charge in [-0.3, -0.25) is 4.79 Å². The van der Waals surface area contributed by atoms with E-state index in [1.165, 1.54) is 0 Å². The molecule has 0 aromatic heterocycles. The van der Waals surface area contributed by atoms with E-state index in [2.05, 4.69) is 29.4 Å². The van der Waals surface area contributed by atoms with Gasteiger partial charge in [0.05, 0.1) is 6.04 Å². The first-order valence-corrected chi connectivity index (χ1v) is 10.1. The molecule has 1 heterocycles. The third-order valence-corrected chi connectivity index (χ3v) is 5.19. The summed E-state index contributed by atoms with van der Waals surface area (Å²) in [5.74, 6) is 0.0522. The van der Waals surface area contributed by atoms with E-state index >= 15 is 0 Å². The normalized spacial score (nSPS) is 18.0. The molecule has 2 rings (SSSR count). The van der Waals surface area contributed by atoms with Gasteiger partial charge in [0.2, 0.25) is 5.91 Å². The summed E-state index contributed by atoms with van der Waals surface area (Å²) < 4.78 is 0. The largest absolute Gasteiger partial charge is 0.336 e. The summed E-state index contributed by atoms with van der Waals surface area (Å²) in [6.07, 6.45) is 2.35. The van der Waals surface area contributed by atoms with Gasteiger partial charge in [-0.25, -0.2) is 4.79 Å². The van der Waals surface area contributed by atoms with Gasteiger partial charge in [-0.05, 0) is 58.5 Å². The van der Waals surface area contributed by atoms with Gasteiger partial charge in [0.15, 0.2) is 0 Å². The Bertz CT molecular complexity index is 613. The number of hydrogen-bond acceptors (Lipinski definition) is 3. The predicted molar refractivity (Wildman–Crippen MR) is 110 cm³/mol. The number of nitrogens with one attached hydrogen (secondary N) is 2. The Labute approximate surface area is 163 Å². The van der Waals surface area contributed by atoms with Crippen molar-refractivity contribution in [3.8, 4) is 0 Å². The van der Waals surface area contributed by atoms with Crippen LogP contribution < -0.4 is 15.5 Å². The number of amides is 3. The Kier molecular flexibility index (Phi) is 8.10. The summed E-state index contributed by atoms with van der Waals surface area (Å²) >= 11 is 0. The average Bonchev–Trinajstić information content (AvgIpc) is 2.99. The Morgan fingerprint density at radius 3 is 2.56 bits per heavy atom. The van der Waals surface area contributed by atoms with Crippen molar-refractivity contribution in [2.24, 2.45) is 0 Å². The summed E-state index contributed by atoms with van der Waals surface area (Å²) in [5.41, 5.74) is 2.05. The molecule has 1 aromatic carbocycles. The fraction of sp³-hybridized carbons (Fsp3) is 0.619. The van der Waals surface area contributed by atoms with Gasteiger partial charge in [0.25, 0.3) is 0 Å². The maximum Gasteiger partial charge on any atom is 0.315 e. The van der Waals surface area contributed by atoms with Crippen molar-refractivity contribution in [1.29, 1.82) is 0 Å². The smallest absolute Gasteiger partial charge is 0.315 e. The number of urea groups is 1. The lowest BCUT2D eigenvalue weighted by atomic mass is 10.2. The van der Waals surface area contributed by atoms with Crippen LogP contribution in [0.2, 0.25) is 0 Å². The Balaban J connectivity index is 1.74. The molecule has 2 N–H and O–H groups in total. The number of aryl methyl sites for hydroxylation is 1. The first kappa shape index (κ1) is 21.2. The third-order valence-electron chi connectivity index (χ3n) is 5.19. The zero-order valence-electron chi connectivity index (χ0n) is 17.1. The quantitative estimate of drug-likeness (QED) is 0.698. The standard InChI is InChI=1S/C21H34N4O2/c1-5-24(6-2)13-7-8-17(4)22-21(27)23-18-14-20(26)25(15-18)19-11-9-16(3)10-12-19/h9-12,17-18H,5-8,13-15H2,1-4H3,(H2,22,23,27). The average molecular weight is 375 g/mol. The minimum absolute atomic E-state index is 0.0522. The first-order chi connectivity index (χ1) is 12.9. The molecule has 0 bridgehead atoms. The van der Waals surface area contributed by atoms with Crippen molar-refractivity contribution >= 4 is 17.6 Å². The summed E-state index contributed by atoms with van der Waals surface area (Å²) in [6.45, 7) is 12.1. The van der Waals surface area contributed by atoms with Crippen LogP contribution >= 0.6 is 0 Å². The van der Waals surface area contributed by atoms with E-state index in [9.17, 15) is 9.59 Å². The highest BCUT2D eigenvalue weighted by Gasteiger charge is 2.31. The Morgan fingerprint density at radius 2 is 1.93 bits per heavy atom. The lowest BCUT2D eigenvalue weighted by molar-refractivity contribution is -0.117. The van der Waals surface area contributed by atoms with Crippen LogP contribution in [0.1, 0.15) is 45.6 Å². The lowest BCUT2D eigenvalue weighted by Gasteiger charge is -2.21.